The highest BCUT2D eigenvalue weighted by Crippen LogP contribution is 2.11. The van der Waals surface area contributed by atoms with E-state index in [1.165, 1.54) is 0 Å². The molecule has 0 radical (unpaired) electrons. The molecule has 0 atom stereocenters. The van der Waals surface area contributed by atoms with Crippen molar-refractivity contribution < 1.29 is 4.79 Å². The number of ketones is 1. The number of benzene rings is 5. The van der Waals surface area contributed by atoms with Gasteiger partial charge in [-0.05, 0) is 126 Å². The quantitative estimate of drug-likeness (QED) is 0.0956. The van der Waals surface area contributed by atoms with Crippen LogP contribution in [0, 0.1) is 106 Å². The molecule has 0 spiro atoms. The summed E-state index contributed by atoms with van der Waals surface area (Å²) in [5.41, 5.74) is 9.50. The van der Waals surface area contributed by atoms with Gasteiger partial charge in [0.05, 0.1) is 0 Å². The molecule has 1 nitrogen and oxygen atoms in total. The normalized spacial score (nSPS) is 8.95. The van der Waals surface area contributed by atoms with Crippen LogP contribution in [-0.2, 0) is 0 Å². The topological polar surface area (TPSA) is 17.1 Å². The van der Waals surface area contributed by atoms with Gasteiger partial charge in [0.2, 0.25) is 5.78 Å². The van der Waals surface area contributed by atoms with Crippen molar-refractivity contribution in [1.82, 2.24) is 0 Å². The van der Waals surface area contributed by atoms with Crippen LogP contribution < -0.4 is 0 Å². The van der Waals surface area contributed by atoms with Gasteiger partial charge in [0.25, 0.3) is 0 Å². The van der Waals surface area contributed by atoms with Crippen LogP contribution in [0.2, 0.25) is 24.7 Å². The van der Waals surface area contributed by atoms with Crippen LogP contribution >= 0.6 is 11.6 Å². The SMILES string of the molecule is C[Si](C)(C)C#CC(=O)c1ccccc1C#CC#Cc1ccccc1C#CC#Cc1ccccc1C#CC#Cc1ccccc1C#CC#Cc1ccc(Cl)cc1. The lowest BCUT2D eigenvalue weighted by molar-refractivity contribution is 0.105. The number of Topliss-reactive ketones (excluding diaryl/α,β-unsaturated/α-hetero) is 1. The number of carbonyl (C=O) groups is 1. The van der Waals surface area contributed by atoms with Crippen molar-refractivity contribution in [3.63, 3.8) is 0 Å². The second-order valence-electron chi connectivity index (χ2n) is 12.5. The Hall–Kier alpha value is -7.68. The zero-order chi connectivity index (χ0) is 38.7. The first-order valence-corrected chi connectivity index (χ1v) is 20.9. The van der Waals surface area contributed by atoms with Gasteiger partial charge in [-0.25, -0.2) is 0 Å². The van der Waals surface area contributed by atoms with E-state index in [0.717, 1.165) is 38.9 Å². The first-order valence-electron chi connectivity index (χ1n) is 17.0. The van der Waals surface area contributed by atoms with E-state index in [9.17, 15) is 4.79 Å². The Bertz CT molecular complexity index is 2870. The van der Waals surface area contributed by atoms with E-state index in [-0.39, 0.29) is 5.78 Å². The Balaban J connectivity index is 1.28. The van der Waals surface area contributed by atoms with Gasteiger partial charge in [0.15, 0.2) is 0 Å². The highest BCUT2D eigenvalue weighted by Gasteiger charge is 2.11. The largest absolute Gasteiger partial charge is 0.279 e. The van der Waals surface area contributed by atoms with Gasteiger partial charge in [0.1, 0.15) is 8.07 Å². The molecule has 0 saturated carbocycles. The van der Waals surface area contributed by atoms with E-state index in [2.05, 4.69) is 126 Å². The Morgan fingerprint density at radius 1 is 0.418 bits per heavy atom. The number of hydrogen-bond donors (Lipinski definition) is 0. The number of rotatable bonds is 1. The van der Waals surface area contributed by atoms with Gasteiger partial charge in [0, 0.05) is 55.1 Å². The Kier molecular flexibility index (Phi) is 13.9. The van der Waals surface area contributed by atoms with Crippen molar-refractivity contribution in [1.29, 1.82) is 0 Å². The van der Waals surface area contributed by atoms with Gasteiger partial charge in [-0.3, -0.25) is 4.79 Å². The Labute approximate surface area is 331 Å². The second kappa shape index (κ2) is 19.8. The molecule has 0 unspecified atom stereocenters. The third kappa shape index (κ3) is 12.8. The minimum Gasteiger partial charge on any atom is -0.279 e. The third-order valence-electron chi connectivity index (χ3n) is 7.19. The van der Waals surface area contributed by atoms with Gasteiger partial charge < -0.3 is 0 Å². The van der Waals surface area contributed by atoms with Gasteiger partial charge in [-0.15, -0.1) is 5.54 Å². The van der Waals surface area contributed by atoms with Crippen molar-refractivity contribution in [3.05, 3.63) is 176 Å². The predicted molar refractivity (Wildman–Crippen MR) is 228 cm³/mol. The molecule has 5 rings (SSSR count). The fourth-order valence-corrected chi connectivity index (χ4v) is 5.15. The van der Waals surface area contributed by atoms with Crippen LogP contribution in [-0.4, -0.2) is 13.9 Å². The van der Waals surface area contributed by atoms with Crippen LogP contribution in [0.5, 0.6) is 0 Å². The molecule has 0 bridgehead atoms. The van der Waals surface area contributed by atoms with E-state index >= 15 is 0 Å². The summed E-state index contributed by atoms with van der Waals surface area (Å²) < 4.78 is 0. The van der Waals surface area contributed by atoms with E-state index in [0.29, 0.717) is 16.1 Å². The molecule has 0 amide bonds. The molecule has 0 fully saturated rings. The van der Waals surface area contributed by atoms with Crippen LogP contribution in [0.15, 0.2) is 121 Å². The summed E-state index contributed by atoms with van der Waals surface area (Å²) in [5.74, 6) is 50.5. The molecule has 0 aromatic heterocycles. The molecule has 0 aliphatic heterocycles. The van der Waals surface area contributed by atoms with Crippen LogP contribution in [0.3, 0.4) is 0 Å². The van der Waals surface area contributed by atoms with E-state index in [4.69, 9.17) is 11.6 Å². The molecule has 0 aliphatic rings. The first-order chi connectivity index (χ1) is 26.7. The van der Waals surface area contributed by atoms with E-state index < -0.39 is 8.07 Å². The lowest BCUT2D eigenvalue weighted by Gasteiger charge is -2.03. The first kappa shape index (κ1) is 38.5. The summed E-state index contributed by atoms with van der Waals surface area (Å²) in [6.07, 6.45) is 0. The monoisotopic (exact) mass is 732 g/mol. The average molecular weight is 733 g/mol. The van der Waals surface area contributed by atoms with Crippen molar-refractivity contribution in [2.75, 3.05) is 0 Å². The molecule has 0 saturated heterocycles. The van der Waals surface area contributed by atoms with Crippen molar-refractivity contribution in [2.45, 2.75) is 19.6 Å². The summed E-state index contributed by atoms with van der Waals surface area (Å²) in [5, 5.41) is 0.663. The highest BCUT2D eigenvalue weighted by atomic mass is 35.5. The molecule has 5 aromatic rings. The molecule has 0 heterocycles. The predicted octanol–water partition coefficient (Wildman–Crippen LogP) is 9.02. The smallest absolute Gasteiger partial charge is 0.236 e. The van der Waals surface area contributed by atoms with Crippen LogP contribution in [0.25, 0.3) is 0 Å². The summed E-state index contributed by atoms with van der Waals surface area (Å²) in [4.78, 5) is 12.7. The summed E-state index contributed by atoms with van der Waals surface area (Å²) >= 11 is 5.94. The molecule has 3 heteroatoms. The van der Waals surface area contributed by atoms with Gasteiger partial charge in [-0.1, -0.05) is 127 Å². The van der Waals surface area contributed by atoms with Gasteiger partial charge >= 0.3 is 0 Å². The molecule has 55 heavy (non-hydrogen) atoms. The maximum atomic E-state index is 12.7. The standard InChI is InChI=1S/C52H29ClOSi/c1-55(2,3)41-40-52(54)51-35-19-18-34-49(51)33-17-16-32-48-31-15-14-30-47(48)29-13-12-28-46-27-11-10-26-45(46)25-9-8-24-44-23-7-6-22-43(44)21-5-4-20-42-36-38-50(53)39-37-42/h6-7,10-11,14-15,18-19,22-23,26-27,30-31,34-39H,1-3H3. The van der Waals surface area contributed by atoms with Crippen molar-refractivity contribution in [3.8, 4) is 106 Å². The summed E-state index contributed by atoms with van der Waals surface area (Å²) in [6, 6.07) is 37.2. The number of halogens is 1. The fraction of sp³-hybridized carbons (Fsp3) is 0.0577. The molecule has 254 valence electrons. The Morgan fingerprint density at radius 3 is 1.09 bits per heavy atom. The molecule has 5 aromatic carbocycles. The molecule has 0 N–H and O–H groups in total. The fourth-order valence-electron chi connectivity index (χ4n) is 4.53. The minimum atomic E-state index is -1.68. The van der Waals surface area contributed by atoms with Crippen LogP contribution in [0.1, 0.15) is 54.9 Å². The maximum Gasteiger partial charge on any atom is 0.236 e. The zero-order valence-electron chi connectivity index (χ0n) is 30.3. The van der Waals surface area contributed by atoms with Crippen molar-refractivity contribution >= 4 is 25.5 Å². The summed E-state index contributed by atoms with van der Waals surface area (Å²) in [7, 11) is -1.68. The second-order valence-corrected chi connectivity index (χ2v) is 17.7. The lowest BCUT2D eigenvalue weighted by atomic mass is 10.0. The number of hydrogen-bond acceptors (Lipinski definition) is 1. The zero-order valence-corrected chi connectivity index (χ0v) is 32.1. The van der Waals surface area contributed by atoms with Gasteiger partial charge in [-0.2, -0.15) is 0 Å². The van der Waals surface area contributed by atoms with E-state index in [1.807, 2.05) is 97.1 Å². The van der Waals surface area contributed by atoms with Crippen LogP contribution in [0.4, 0.5) is 0 Å². The van der Waals surface area contributed by atoms with Crippen molar-refractivity contribution in [2.24, 2.45) is 0 Å². The van der Waals surface area contributed by atoms with E-state index in [1.54, 1.807) is 24.3 Å². The Morgan fingerprint density at radius 2 is 0.727 bits per heavy atom. The third-order valence-corrected chi connectivity index (χ3v) is 8.31. The summed E-state index contributed by atoms with van der Waals surface area (Å²) in [6.45, 7) is 6.29. The average Bonchev–Trinajstić information content (AvgIpc) is 3.19. The molecular formula is C52H29ClOSi. The minimum absolute atomic E-state index is 0.233. The number of carbonyl (C=O) groups excluding carboxylic acids is 1. The molecular weight excluding hydrogens is 704 g/mol. The molecule has 0 aliphatic carbocycles. The lowest BCUT2D eigenvalue weighted by Crippen LogP contribution is -2.17. The maximum absolute atomic E-state index is 12.7. The highest BCUT2D eigenvalue weighted by molar-refractivity contribution is 6.84.